The molecule has 4 N–H and O–H groups in total. The summed E-state index contributed by atoms with van der Waals surface area (Å²) in [5, 5.41) is 15.8. The molecule has 0 saturated heterocycles. The maximum atomic E-state index is 13.3. The van der Waals surface area contributed by atoms with Crippen LogP contribution >= 0.6 is 0 Å². The van der Waals surface area contributed by atoms with E-state index in [2.05, 4.69) is 19.9 Å². The summed E-state index contributed by atoms with van der Waals surface area (Å²) in [4.78, 5) is 4.01. The van der Waals surface area contributed by atoms with E-state index in [9.17, 15) is 4.39 Å². The average Bonchev–Trinajstić information content (AvgIpc) is 2.77. The number of aliphatic imine (C=N–C) groups is 1. The second kappa shape index (κ2) is 4.80. The van der Waals surface area contributed by atoms with Crippen LogP contribution in [0.2, 0.25) is 0 Å². The van der Waals surface area contributed by atoms with Crippen molar-refractivity contribution >= 4 is 17.3 Å². The second-order valence-corrected chi connectivity index (χ2v) is 3.45. The van der Waals surface area contributed by atoms with Gasteiger partial charge in [-0.1, -0.05) is 6.07 Å². The van der Waals surface area contributed by atoms with Crippen LogP contribution in [0.4, 0.5) is 15.9 Å². The molecule has 0 amide bonds. The predicted octanol–water partition coefficient (Wildman–Crippen LogP) is 1.16. The van der Waals surface area contributed by atoms with Gasteiger partial charge in [0.05, 0.1) is 5.69 Å². The van der Waals surface area contributed by atoms with Gasteiger partial charge in [0, 0.05) is 5.56 Å². The van der Waals surface area contributed by atoms with Crippen LogP contribution in [0.1, 0.15) is 11.3 Å². The van der Waals surface area contributed by atoms with Gasteiger partial charge in [0.25, 0.3) is 0 Å². The standard InChI is InChI=1S/C10H10FN5O2/c1-5-6(11)3-2-4-7(5)13-10(14-17)8-9(12)16-18-15-8/h2-4,17H,1H3,(H2,12,16)(H,13,14). The first kappa shape index (κ1) is 12.0. The average molecular weight is 251 g/mol. The first-order valence-electron chi connectivity index (χ1n) is 4.95. The number of nitrogens with one attached hydrogen (secondary N) is 1. The minimum absolute atomic E-state index is 0.0376. The van der Waals surface area contributed by atoms with Crippen LogP contribution in [0.3, 0.4) is 0 Å². The molecule has 7 nitrogen and oxygen atoms in total. The van der Waals surface area contributed by atoms with E-state index < -0.39 is 5.82 Å². The molecule has 0 atom stereocenters. The summed E-state index contributed by atoms with van der Waals surface area (Å²) in [5.74, 6) is -0.522. The zero-order valence-corrected chi connectivity index (χ0v) is 9.38. The van der Waals surface area contributed by atoms with E-state index in [1.807, 2.05) is 5.48 Å². The molecule has 94 valence electrons. The molecule has 1 aromatic heterocycles. The van der Waals surface area contributed by atoms with Crippen molar-refractivity contribution in [3.63, 3.8) is 0 Å². The Kier molecular flexibility index (Phi) is 3.20. The molecule has 0 aliphatic rings. The van der Waals surface area contributed by atoms with E-state index in [1.165, 1.54) is 12.1 Å². The fraction of sp³-hybridized carbons (Fsp3) is 0.100. The Morgan fingerprint density at radius 1 is 1.50 bits per heavy atom. The number of nitrogen functional groups attached to an aromatic ring is 1. The molecular weight excluding hydrogens is 241 g/mol. The SMILES string of the molecule is Cc1c(F)cccc1N=C(NO)c1nonc1N. The fourth-order valence-corrected chi connectivity index (χ4v) is 1.33. The third-order valence-electron chi connectivity index (χ3n) is 2.32. The minimum atomic E-state index is -0.403. The van der Waals surface area contributed by atoms with E-state index in [4.69, 9.17) is 10.9 Å². The monoisotopic (exact) mass is 251 g/mol. The number of benzene rings is 1. The van der Waals surface area contributed by atoms with Gasteiger partial charge < -0.3 is 5.73 Å². The zero-order valence-electron chi connectivity index (χ0n) is 9.38. The topological polar surface area (TPSA) is 110 Å². The Labute approximate surface area is 101 Å². The highest BCUT2D eigenvalue weighted by atomic mass is 19.1. The normalized spacial score (nSPS) is 11.6. The molecule has 0 aliphatic heterocycles. The van der Waals surface area contributed by atoms with Gasteiger partial charge in [-0.25, -0.2) is 14.0 Å². The molecule has 2 rings (SSSR count). The molecule has 0 unspecified atom stereocenters. The Bertz CT molecular complexity index is 596. The van der Waals surface area contributed by atoms with Gasteiger partial charge in [0.1, 0.15) is 5.82 Å². The number of hydrogen-bond donors (Lipinski definition) is 3. The molecule has 1 aromatic carbocycles. The lowest BCUT2D eigenvalue weighted by Crippen LogP contribution is -2.21. The number of amidine groups is 1. The van der Waals surface area contributed by atoms with Gasteiger partial charge in [-0.05, 0) is 29.4 Å². The summed E-state index contributed by atoms with van der Waals surface area (Å²) in [6, 6.07) is 4.40. The number of rotatable bonds is 2. The molecule has 0 bridgehead atoms. The molecule has 0 saturated carbocycles. The van der Waals surface area contributed by atoms with E-state index in [1.54, 1.807) is 13.0 Å². The highest BCUT2D eigenvalue weighted by Crippen LogP contribution is 2.21. The van der Waals surface area contributed by atoms with Crippen LogP contribution in [-0.4, -0.2) is 21.4 Å². The summed E-state index contributed by atoms with van der Waals surface area (Å²) in [6.45, 7) is 1.56. The largest absolute Gasteiger partial charge is 0.379 e. The molecule has 18 heavy (non-hydrogen) atoms. The lowest BCUT2D eigenvalue weighted by Gasteiger charge is -2.04. The third-order valence-corrected chi connectivity index (χ3v) is 2.32. The lowest BCUT2D eigenvalue weighted by atomic mass is 10.2. The summed E-state index contributed by atoms with van der Waals surface area (Å²) in [5.41, 5.74) is 7.99. The first-order valence-corrected chi connectivity index (χ1v) is 4.95. The number of aromatic nitrogens is 2. The van der Waals surface area contributed by atoms with Gasteiger partial charge in [-0.15, -0.1) is 0 Å². The summed E-state index contributed by atoms with van der Waals surface area (Å²) in [6.07, 6.45) is 0. The predicted molar refractivity (Wildman–Crippen MR) is 61.0 cm³/mol. The van der Waals surface area contributed by atoms with E-state index in [0.29, 0.717) is 11.3 Å². The van der Waals surface area contributed by atoms with E-state index in [0.717, 1.165) is 0 Å². The number of nitrogens with zero attached hydrogens (tertiary/aromatic N) is 3. The highest BCUT2D eigenvalue weighted by Gasteiger charge is 2.14. The van der Waals surface area contributed by atoms with Crippen molar-refractivity contribution in [1.29, 1.82) is 0 Å². The fourth-order valence-electron chi connectivity index (χ4n) is 1.33. The number of hydrogen-bond acceptors (Lipinski definition) is 6. The highest BCUT2D eigenvalue weighted by molar-refractivity contribution is 6.01. The maximum Gasteiger partial charge on any atom is 0.199 e. The van der Waals surface area contributed by atoms with Crippen molar-refractivity contribution in [3.05, 3.63) is 35.3 Å². The molecule has 0 radical (unpaired) electrons. The Balaban J connectivity index is 2.48. The van der Waals surface area contributed by atoms with Crippen LogP contribution in [0.15, 0.2) is 27.8 Å². The van der Waals surface area contributed by atoms with Crippen molar-refractivity contribution < 1.29 is 14.2 Å². The molecule has 0 spiro atoms. The summed E-state index contributed by atoms with van der Waals surface area (Å²) < 4.78 is 17.7. The van der Waals surface area contributed by atoms with Gasteiger partial charge in [-0.2, -0.15) is 0 Å². The Morgan fingerprint density at radius 3 is 2.89 bits per heavy atom. The van der Waals surface area contributed by atoms with Crippen molar-refractivity contribution in [2.24, 2.45) is 4.99 Å². The first-order chi connectivity index (χ1) is 8.63. The Morgan fingerprint density at radius 2 is 2.28 bits per heavy atom. The quantitative estimate of drug-likeness (QED) is 0.419. The molecule has 2 aromatic rings. The van der Waals surface area contributed by atoms with Gasteiger partial charge in [0.2, 0.25) is 0 Å². The zero-order chi connectivity index (χ0) is 13.1. The van der Waals surface area contributed by atoms with Crippen molar-refractivity contribution in [3.8, 4) is 0 Å². The van der Waals surface area contributed by atoms with Gasteiger partial charge in [-0.3, -0.25) is 10.7 Å². The number of hydroxylamine groups is 1. The van der Waals surface area contributed by atoms with Crippen LogP contribution < -0.4 is 11.2 Å². The Hall–Kier alpha value is -2.48. The summed E-state index contributed by atoms with van der Waals surface area (Å²) in [7, 11) is 0. The molecule has 0 fully saturated rings. The summed E-state index contributed by atoms with van der Waals surface area (Å²) >= 11 is 0. The van der Waals surface area contributed by atoms with E-state index in [-0.39, 0.29) is 17.3 Å². The third kappa shape index (κ3) is 2.13. The number of anilines is 1. The molecule has 0 aliphatic carbocycles. The second-order valence-electron chi connectivity index (χ2n) is 3.45. The van der Waals surface area contributed by atoms with Gasteiger partial charge in [0.15, 0.2) is 17.3 Å². The van der Waals surface area contributed by atoms with Crippen molar-refractivity contribution in [2.45, 2.75) is 6.92 Å². The number of nitrogens with two attached hydrogens (primary N) is 1. The van der Waals surface area contributed by atoms with Crippen molar-refractivity contribution in [2.75, 3.05) is 5.73 Å². The molecular formula is C10H10FN5O2. The smallest absolute Gasteiger partial charge is 0.199 e. The molecule has 1 heterocycles. The van der Waals surface area contributed by atoms with Crippen LogP contribution in [0, 0.1) is 12.7 Å². The van der Waals surface area contributed by atoms with Gasteiger partial charge >= 0.3 is 0 Å². The lowest BCUT2D eigenvalue weighted by molar-refractivity contribution is 0.234. The van der Waals surface area contributed by atoms with Crippen molar-refractivity contribution in [1.82, 2.24) is 15.8 Å². The minimum Gasteiger partial charge on any atom is -0.379 e. The number of halogens is 1. The van der Waals surface area contributed by atoms with Crippen LogP contribution in [0.25, 0.3) is 0 Å². The van der Waals surface area contributed by atoms with Crippen LogP contribution in [-0.2, 0) is 0 Å². The molecule has 8 heteroatoms. The maximum absolute atomic E-state index is 13.3. The van der Waals surface area contributed by atoms with Crippen LogP contribution in [0.5, 0.6) is 0 Å². The van der Waals surface area contributed by atoms with E-state index >= 15 is 0 Å².